The Bertz CT molecular complexity index is 395. The molecule has 2 heterocycles. The highest BCUT2D eigenvalue weighted by atomic mass is 16.4. The van der Waals surface area contributed by atoms with Crippen molar-refractivity contribution < 1.29 is 15.0 Å². The molecule has 0 saturated heterocycles. The lowest BCUT2D eigenvalue weighted by molar-refractivity contribution is -0.134. The maximum Gasteiger partial charge on any atom is 0.337 e. The third-order valence-electron chi connectivity index (χ3n) is 1.89. The first-order valence-corrected chi connectivity index (χ1v) is 3.87. The van der Waals surface area contributed by atoms with Gasteiger partial charge in [-0.1, -0.05) is 0 Å². The van der Waals surface area contributed by atoms with Crippen LogP contribution in [0.3, 0.4) is 0 Å². The van der Waals surface area contributed by atoms with Crippen LogP contribution < -0.4 is 0 Å². The lowest BCUT2D eigenvalue weighted by atomic mass is 10.2. The van der Waals surface area contributed by atoms with E-state index in [9.17, 15) is 9.90 Å². The molecule has 0 unspecified atom stereocenters. The van der Waals surface area contributed by atoms with E-state index in [0.29, 0.717) is 5.84 Å². The average molecular weight is 193 g/mol. The Balaban J connectivity index is 2.39. The minimum Gasteiger partial charge on any atom is -0.478 e. The Hall–Kier alpha value is -1.95. The van der Waals surface area contributed by atoms with Gasteiger partial charge in [0.25, 0.3) is 0 Å². The number of hydrogen-bond donors (Lipinski definition) is 2. The number of amidine groups is 1. The summed E-state index contributed by atoms with van der Waals surface area (Å²) in [7, 11) is 0. The maximum atomic E-state index is 10.7. The SMILES string of the molecule is O=C(O)C1=CN=C2C=NC=CN2[C@H]1O. The van der Waals surface area contributed by atoms with Crippen LogP contribution in [0.2, 0.25) is 0 Å². The molecule has 2 aliphatic rings. The molecular formula is C8H7N3O3. The highest BCUT2D eigenvalue weighted by Crippen LogP contribution is 2.16. The van der Waals surface area contributed by atoms with Crippen LogP contribution in [0.15, 0.2) is 34.2 Å². The van der Waals surface area contributed by atoms with Gasteiger partial charge in [-0.2, -0.15) is 0 Å². The summed E-state index contributed by atoms with van der Waals surface area (Å²) in [6.45, 7) is 0. The number of aliphatic imine (C=N–C) groups is 2. The highest BCUT2D eigenvalue weighted by molar-refractivity contribution is 6.31. The quantitative estimate of drug-likeness (QED) is 0.590. The van der Waals surface area contributed by atoms with Crippen molar-refractivity contribution in [2.75, 3.05) is 0 Å². The molecule has 0 amide bonds. The Morgan fingerprint density at radius 3 is 3.07 bits per heavy atom. The van der Waals surface area contributed by atoms with Crippen molar-refractivity contribution in [1.82, 2.24) is 4.90 Å². The Labute approximate surface area is 79.2 Å². The number of aliphatic hydroxyl groups is 1. The Morgan fingerprint density at radius 2 is 2.36 bits per heavy atom. The van der Waals surface area contributed by atoms with Gasteiger partial charge >= 0.3 is 5.97 Å². The number of aliphatic hydroxyl groups excluding tert-OH is 1. The number of hydrogen-bond acceptors (Lipinski definition) is 5. The van der Waals surface area contributed by atoms with Crippen molar-refractivity contribution >= 4 is 18.0 Å². The standard InChI is InChI=1S/C8H7N3O3/c12-7-5(8(13)14)3-10-6-4-9-1-2-11(6)7/h1-4,7,12H,(H,13,14)/t7-/m0/s1. The summed E-state index contributed by atoms with van der Waals surface area (Å²) in [6.07, 6.45) is 4.29. The van der Waals surface area contributed by atoms with Gasteiger partial charge in [-0.3, -0.25) is 9.89 Å². The Morgan fingerprint density at radius 1 is 1.57 bits per heavy atom. The molecule has 72 valence electrons. The van der Waals surface area contributed by atoms with Gasteiger partial charge in [0.1, 0.15) is 5.57 Å². The second kappa shape index (κ2) is 3.08. The van der Waals surface area contributed by atoms with E-state index < -0.39 is 12.2 Å². The van der Waals surface area contributed by atoms with Gasteiger partial charge in [0, 0.05) is 18.6 Å². The predicted molar refractivity (Wildman–Crippen MR) is 48.6 cm³/mol. The van der Waals surface area contributed by atoms with Crippen LogP contribution in [0, 0.1) is 0 Å². The van der Waals surface area contributed by atoms with E-state index in [1.807, 2.05) is 0 Å². The molecule has 1 atom stereocenters. The van der Waals surface area contributed by atoms with E-state index >= 15 is 0 Å². The first kappa shape index (κ1) is 8.64. The molecule has 6 nitrogen and oxygen atoms in total. The summed E-state index contributed by atoms with van der Waals surface area (Å²) in [5.41, 5.74) is -0.159. The molecule has 0 spiro atoms. The minimum absolute atomic E-state index is 0.159. The van der Waals surface area contributed by atoms with Gasteiger partial charge in [0.15, 0.2) is 12.1 Å². The van der Waals surface area contributed by atoms with E-state index in [0.717, 1.165) is 6.20 Å². The van der Waals surface area contributed by atoms with Crippen molar-refractivity contribution in [2.45, 2.75) is 6.23 Å². The van der Waals surface area contributed by atoms with Gasteiger partial charge in [-0.25, -0.2) is 9.79 Å². The van der Waals surface area contributed by atoms with E-state index in [4.69, 9.17) is 5.11 Å². The number of aliphatic carboxylic acids is 1. The molecule has 6 heteroatoms. The minimum atomic E-state index is -1.21. The van der Waals surface area contributed by atoms with Crippen molar-refractivity contribution in [3.63, 3.8) is 0 Å². The van der Waals surface area contributed by atoms with Gasteiger partial charge in [0.05, 0.1) is 6.21 Å². The monoisotopic (exact) mass is 193 g/mol. The molecule has 0 aromatic heterocycles. The molecule has 0 saturated carbocycles. The topological polar surface area (TPSA) is 85.5 Å². The Kier molecular flexibility index (Phi) is 1.90. The average Bonchev–Trinajstić information content (AvgIpc) is 2.18. The highest BCUT2D eigenvalue weighted by Gasteiger charge is 2.29. The van der Waals surface area contributed by atoms with Crippen molar-refractivity contribution in [3.05, 3.63) is 24.2 Å². The number of carbonyl (C=O) groups is 1. The van der Waals surface area contributed by atoms with E-state index in [-0.39, 0.29) is 5.57 Å². The van der Waals surface area contributed by atoms with Crippen LogP contribution in [0.25, 0.3) is 0 Å². The molecule has 0 radical (unpaired) electrons. The third-order valence-corrected chi connectivity index (χ3v) is 1.89. The van der Waals surface area contributed by atoms with Gasteiger partial charge in [-0.05, 0) is 0 Å². The summed E-state index contributed by atoms with van der Waals surface area (Å²) in [5, 5.41) is 18.3. The van der Waals surface area contributed by atoms with Crippen LogP contribution in [0.5, 0.6) is 0 Å². The van der Waals surface area contributed by atoms with Crippen LogP contribution in [0.1, 0.15) is 0 Å². The number of carboxylic acid groups (broad SMARTS) is 1. The van der Waals surface area contributed by atoms with Gasteiger partial charge < -0.3 is 10.2 Å². The summed E-state index contributed by atoms with van der Waals surface area (Å²) in [5.74, 6) is -0.763. The normalized spacial score (nSPS) is 24.1. The van der Waals surface area contributed by atoms with Gasteiger partial charge in [0.2, 0.25) is 0 Å². The molecule has 14 heavy (non-hydrogen) atoms. The fourth-order valence-electron chi connectivity index (χ4n) is 1.19. The van der Waals surface area contributed by atoms with Crippen LogP contribution in [0.4, 0.5) is 0 Å². The molecule has 0 bridgehead atoms. The van der Waals surface area contributed by atoms with Crippen LogP contribution in [-0.4, -0.2) is 39.4 Å². The van der Waals surface area contributed by atoms with Crippen LogP contribution >= 0.6 is 0 Å². The molecule has 0 aromatic carbocycles. The molecule has 0 aromatic rings. The fourth-order valence-corrected chi connectivity index (χ4v) is 1.19. The predicted octanol–water partition coefficient (Wildman–Crippen LogP) is -0.457. The van der Waals surface area contributed by atoms with E-state index in [2.05, 4.69) is 9.98 Å². The zero-order valence-electron chi connectivity index (χ0n) is 7.03. The molecule has 2 rings (SSSR count). The van der Waals surface area contributed by atoms with E-state index in [1.165, 1.54) is 23.5 Å². The zero-order valence-corrected chi connectivity index (χ0v) is 7.03. The number of fused-ring (bicyclic) bond motifs is 1. The van der Waals surface area contributed by atoms with Gasteiger partial charge in [-0.15, -0.1) is 0 Å². The maximum absolute atomic E-state index is 10.7. The number of carboxylic acids is 1. The second-order valence-corrected chi connectivity index (χ2v) is 2.73. The molecule has 0 aliphatic carbocycles. The summed E-state index contributed by atoms with van der Waals surface area (Å²) < 4.78 is 0. The first-order valence-electron chi connectivity index (χ1n) is 3.87. The first-order chi connectivity index (χ1) is 6.70. The second-order valence-electron chi connectivity index (χ2n) is 2.73. The molecule has 0 fully saturated rings. The van der Waals surface area contributed by atoms with Crippen molar-refractivity contribution in [2.24, 2.45) is 9.98 Å². The smallest absolute Gasteiger partial charge is 0.337 e. The molecule has 2 aliphatic heterocycles. The number of rotatable bonds is 1. The van der Waals surface area contributed by atoms with Crippen molar-refractivity contribution in [3.8, 4) is 0 Å². The largest absolute Gasteiger partial charge is 0.478 e. The van der Waals surface area contributed by atoms with Crippen LogP contribution in [-0.2, 0) is 4.79 Å². The summed E-state index contributed by atoms with van der Waals surface area (Å²) in [6, 6.07) is 0. The molecular weight excluding hydrogens is 186 g/mol. The number of nitrogens with zero attached hydrogens (tertiary/aromatic N) is 3. The van der Waals surface area contributed by atoms with Crippen molar-refractivity contribution in [1.29, 1.82) is 0 Å². The molecule has 2 N–H and O–H groups in total. The summed E-state index contributed by atoms with van der Waals surface area (Å²) in [4.78, 5) is 19.6. The third kappa shape index (κ3) is 1.21. The lowest BCUT2D eigenvalue weighted by Gasteiger charge is -2.29. The van der Waals surface area contributed by atoms with E-state index in [1.54, 1.807) is 0 Å². The fraction of sp³-hybridized carbons (Fsp3) is 0.125. The zero-order chi connectivity index (χ0) is 10.1. The summed E-state index contributed by atoms with van der Waals surface area (Å²) >= 11 is 0. The lowest BCUT2D eigenvalue weighted by Crippen LogP contribution is -2.42.